The highest BCUT2D eigenvalue weighted by atomic mass is 79.9. The third kappa shape index (κ3) is 4.03. The highest BCUT2D eigenvalue weighted by molar-refractivity contribution is 9.11. The predicted molar refractivity (Wildman–Crippen MR) is 85.8 cm³/mol. The number of rotatable bonds is 4. The summed E-state index contributed by atoms with van der Waals surface area (Å²) >= 11 is 5.21. The first kappa shape index (κ1) is 15.5. The lowest BCUT2D eigenvalue weighted by Crippen LogP contribution is -2.53. The SMILES string of the molecule is CC(C)(C(O)Cc1ccc(Br)s1)N1CCCCCC1. The Bertz CT molecular complexity index is 397. The summed E-state index contributed by atoms with van der Waals surface area (Å²) in [6.07, 6.45) is 5.64. The molecular formula is C15H24BrNOS. The van der Waals surface area contributed by atoms with Crippen LogP contribution in [0.4, 0.5) is 0 Å². The smallest absolute Gasteiger partial charge is 0.0766 e. The average Bonchev–Trinajstić information content (AvgIpc) is 2.63. The average molecular weight is 346 g/mol. The van der Waals surface area contributed by atoms with Crippen LogP contribution < -0.4 is 0 Å². The van der Waals surface area contributed by atoms with E-state index in [1.807, 2.05) is 0 Å². The van der Waals surface area contributed by atoms with Gasteiger partial charge < -0.3 is 5.11 Å². The first-order valence-electron chi connectivity index (χ1n) is 7.17. The molecule has 4 heteroatoms. The topological polar surface area (TPSA) is 23.5 Å². The first-order chi connectivity index (χ1) is 9.00. The zero-order chi connectivity index (χ0) is 13.9. The van der Waals surface area contributed by atoms with Crippen LogP contribution in [0.25, 0.3) is 0 Å². The van der Waals surface area contributed by atoms with Crippen LogP contribution in [-0.2, 0) is 6.42 Å². The molecule has 108 valence electrons. The van der Waals surface area contributed by atoms with Gasteiger partial charge in [0.2, 0.25) is 0 Å². The molecule has 1 aromatic rings. The molecule has 0 radical (unpaired) electrons. The Morgan fingerprint density at radius 1 is 1.26 bits per heavy atom. The molecule has 2 nitrogen and oxygen atoms in total. The molecule has 1 saturated heterocycles. The van der Waals surface area contributed by atoms with Crippen LogP contribution in [-0.4, -0.2) is 34.7 Å². The molecule has 2 heterocycles. The van der Waals surface area contributed by atoms with Gasteiger partial charge in [0.1, 0.15) is 0 Å². The van der Waals surface area contributed by atoms with E-state index in [0.717, 1.165) is 23.3 Å². The molecule has 0 bridgehead atoms. The highest BCUT2D eigenvalue weighted by Gasteiger charge is 2.34. The van der Waals surface area contributed by atoms with Crippen LogP contribution >= 0.6 is 27.3 Å². The van der Waals surface area contributed by atoms with E-state index in [-0.39, 0.29) is 11.6 Å². The number of halogens is 1. The number of aliphatic hydroxyl groups excluding tert-OH is 1. The molecule has 0 aliphatic carbocycles. The highest BCUT2D eigenvalue weighted by Crippen LogP contribution is 2.29. The van der Waals surface area contributed by atoms with E-state index >= 15 is 0 Å². The van der Waals surface area contributed by atoms with E-state index in [0.29, 0.717) is 0 Å². The second kappa shape index (κ2) is 6.70. The molecule has 1 aliphatic rings. The van der Waals surface area contributed by atoms with Crippen LogP contribution in [0.2, 0.25) is 0 Å². The third-order valence-electron chi connectivity index (χ3n) is 4.26. The Morgan fingerprint density at radius 3 is 2.42 bits per heavy atom. The molecule has 1 atom stereocenters. The van der Waals surface area contributed by atoms with Gasteiger partial charge in [0.05, 0.1) is 9.89 Å². The van der Waals surface area contributed by atoms with Crippen molar-refractivity contribution in [2.75, 3.05) is 13.1 Å². The summed E-state index contributed by atoms with van der Waals surface area (Å²) < 4.78 is 1.14. The van der Waals surface area contributed by atoms with Gasteiger partial charge in [-0.1, -0.05) is 12.8 Å². The van der Waals surface area contributed by atoms with Gasteiger partial charge >= 0.3 is 0 Å². The second-order valence-electron chi connectivity index (χ2n) is 5.98. The maximum absolute atomic E-state index is 10.6. The van der Waals surface area contributed by atoms with Crippen molar-refractivity contribution in [1.82, 2.24) is 4.90 Å². The molecule has 1 unspecified atom stereocenters. The van der Waals surface area contributed by atoms with Crippen molar-refractivity contribution in [1.29, 1.82) is 0 Å². The van der Waals surface area contributed by atoms with Gasteiger partial charge in [0.15, 0.2) is 0 Å². The minimum atomic E-state index is -0.309. The maximum atomic E-state index is 10.6. The van der Waals surface area contributed by atoms with E-state index in [2.05, 4.69) is 46.8 Å². The van der Waals surface area contributed by atoms with Gasteiger partial charge in [-0.3, -0.25) is 4.90 Å². The Kier molecular flexibility index (Phi) is 5.46. The molecule has 2 rings (SSSR count). The molecule has 1 N–H and O–H groups in total. The fraction of sp³-hybridized carbons (Fsp3) is 0.733. The van der Waals surface area contributed by atoms with Crippen LogP contribution in [0, 0.1) is 0 Å². The number of aliphatic hydroxyl groups is 1. The van der Waals surface area contributed by atoms with Gasteiger partial charge in [0, 0.05) is 16.8 Å². The number of nitrogens with zero attached hydrogens (tertiary/aromatic N) is 1. The van der Waals surface area contributed by atoms with Crippen molar-refractivity contribution in [3.8, 4) is 0 Å². The standard InChI is InChI=1S/C15H24BrNOS/c1-15(2,17-9-5-3-4-6-10-17)13(18)11-12-7-8-14(16)19-12/h7-8,13,18H,3-6,9-11H2,1-2H3. The van der Waals surface area contributed by atoms with Gasteiger partial charge in [0.25, 0.3) is 0 Å². The predicted octanol–water partition coefficient (Wildman–Crippen LogP) is 4.07. The summed E-state index contributed by atoms with van der Waals surface area (Å²) in [5, 5.41) is 10.6. The summed E-state index contributed by atoms with van der Waals surface area (Å²) in [7, 11) is 0. The van der Waals surface area contributed by atoms with Crippen molar-refractivity contribution in [3.63, 3.8) is 0 Å². The van der Waals surface area contributed by atoms with Crippen molar-refractivity contribution in [2.45, 2.75) is 57.6 Å². The monoisotopic (exact) mass is 345 g/mol. The first-order valence-corrected chi connectivity index (χ1v) is 8.78. The molecular weight excluding hydrogens is 322 g/mol. The van der Waals surface area contributed by atoms with Crippen molar-refractivity contribution >= 4 is 27.3 Å². The van der Waals surface area contributed by atoms with E-state index in [1.54, 1.807) is 11.3 Å². The quantitative estimate of drug-likeness (QED) is 0.888. The maximum Gasteiger partial charge on any atom is 0.0766 e. The summed E-state index contributed by atoms with van der Waals surface area (Å²) in [5.41, 5.74) is -0.138. The van der Waals surface area contributed by atoms with Crippen LogP contribution in [0.15, 0.2) is 15.9 Å². The van der Waals surface area contributed by atoms with Crippen LogP contribution in [0.5, 0.6) is 0 Å². The lowest BCUT2D eigenvalue weighted by molar-refractivity contribution is -0.00745. The van der Waals surface area contributed by atoms with Gasteiger partial charge in [-0.05, 0) is 67.8 Å². The molecule has 0 saturated carbocycles. The van der Waals surface area contributed by atoms with Crippen molar-refractivity contribution in [3.05, 3.63) is 20.8 Å². The molecule has 1 fully saturated rings. The lowest BCUT2D eigenvalue weighted by Gasteiger charge is -2.41. The molecule has 1 aromatic heterocycles. The van der Waals surface area contributed by atoms with E-state index in [4.69, 9.17) is 0 Å². The minimum absolute atomic E-state index is 0.138. The van der Waals surface area contributed by atoms with E-state index < -0.39 is 0 Å². The van der Waals surface area contributed by atoms with Crippen molar-refractivity contribution < 1.29 is 5.11 Å². The van der Waals surface area contributed by atoms with Gasteiger partial charge in [-0.15, -0.1) is 11.3 Å². The number of thiophene rings is 1. The summed E-state index contributed by atoms with van der Waals surface area (Å²) in [6.45, 7) is 6.62. The van der Waals surface area contributed by atoms with Gasteiger partial charge in [-0.25, -0.2) is 0 Å². The molecule has 19 heavy (non-hydrogen) atoms. The Balaban J connectivity index is 2.00. The number of hydrogen-bond donors (Lipinski definition) is 1. The zero-order valence-corrected chi connectivity index (χ0v) is 14.3. The van der Waals surface area contributed by atoms with Gasteiger partial charge in [-0.2, -0.15) is 0 Å². The Morgan fingerprint density at radius 2 is 1.89 bits per heavy atom. The summed E-state index contributed by atoms with van der Waals surface area (Å²) in [4.78, 5) is 3.73. The van der Waals surface area contributed by atoms with Crippen LogP contribution in [0.1, 0.15) is 44.4 Å². The summed E-state index contributed by atoms with van der Waals surface area (Å²) in [5.74, 6) is 0. The molecule has 1 aliphatic heterocycles. The number of hydrogen-bond acceptors (Lipinski definition) is 3. The lowest BCUT2D eigenvalue weighted by atomic mass is 9.91. The minimum Gasteiger partial charge on any atom is -0.391 e. The Hall–Kier alpha value is 0.1000. The van der Waals surface area contributed by atoms with E-state index in [1.165, 1.54) is 30.6 Å². The van der Waals surface area contributed by atoms with Crippen molar-refractivity contribution in [2.24, 2.45) is 0 Å². The second-order valence-corrected chi connectivity index (χ2v) is 8.53. The number of likely N-dealkylation sites (tertiary alicyclic amines) is 1. The fourth-order valence-corrected chi connectivity index (χ4v) is 4.28. The summed E-state index contributed by atoms with van der Waals surface area (Å²) in [6, 6.07) is 4.17. The molecule has 0 spiro atoms. The van der Waals surface area contributed by atoms with E-state index in [9.17, 15) is 5.11 Å². The largest absolute Gasteiger partial charge is 0.391 e. The normalized spacial score (nSPS) is 20.2. The molecule has 0 aromatic carbocycles. The fourth-order valence-electron chi connectivity index (χ4n) is 2.76. The third-order valence-corrected chi connectivity index (χ3v) is 5.91. The molecule has 0 amide bonds. The Labute approximate surface area is 129 Å². The zero-order valence-electron chi connectivity index (χ0n) is 11.9. The van der Waals surface area contributed by atoms with Crippen LogP contribution in [0.3, 0.4) is 0 Å².